The number of aliphatic hydroxyl groups is 4. The number of ether oxygens (including phenoxy) is 3. The van der Waals surface area contributed by atoms with E-state index < -0.39 is 49.3 Å². The van der Waals surface area contributed by atoms with Crippen LogP contribution in [0.15, 0.2) is 30.3 Å². The number of para-hydroxylation sites is 1. The number of amides is 2. The van der Waals surface area contributed by atoms with Gasteiger partial charge in [0.1, 0.15) is 36.2 Å². The summed E-state index contributed by atoms with van der Waals surface area (Å²) in [4.78, 5) is 26.0. The molecule has 6 atom stereocenters. The third kappa shape index (κ3) is 20.5. The van der Waals surface area contributed by atoms with Crippen LogP contribution in [0.3, 0.4) is 0 Å². The molecule has 51 heavy (non-hydrogen) atoms. The highest BCUT2D eigenvalue weighted by atomic mass is 16.7. The second-order valence-electron chi connectivity index (χ2n) is 14.1. The van der Waals surface area contributed by atoms with Crippen molar-refractivity contribution in [3.63, 3.8) is 0 Å². The number of unbranched alkanes of at least 4 members (excludes halogenated alkanes) is 18. The van der Waals surface area contributed by atoms with E-state index in [2.05, 4.69) is 17.6 Å². The zero-order chi connectivity index (χ0) is 36.9. The summed E-state index contributed by atoms with van der Waals surface area (Å²) >= 11 is 0. The lowest BCUT2D eigenvalue weighted by Crippen LogP contribution is -2.60. The summed E-state index contributed by atoms with van der Waals surface area (Å²) in [7, 11) is 0. The highest BCUT2D eigenvalue weighted by Gasteiger charge is 2.44. The maximum absolute atomic E-state index is 13.1. The third-order valence-corrected chi connectivity index (χ3v) is 9.57. The molecular formula is C40H70N2O9. The maximum Gasteiger partial charge on any atom is 0.244 e. The quantitative estimate of drug-likeness (QED) is 0.0528. The second-order valence-corrected chi connectivity index (χ2v) is 14.1. The molecule has 11 nitrogen and oxygen atoms in total. The highest BCUT2D eigenvalue weighted by Crippen LogP contribution is 2.22. The van der Waals surface area contributed by atoms with Gasteiger partial charge in [-0.05, 0) is 31.4 Å². The Morgan fingerprint density at radius 3 is 1.86 bits per heavy atom. The second kappa shape index (κ2) is 29.2. The molecule has 6 N–H and O–H groups in total. The number of hydrogen-bond donors (Lipinski definition) is 6. The van der Waals surface area contributed by atoms with Crippen LogP contribution >= 0.6 is 0 Å². The molecule has 1 aliphatic rings. The van der Waals surface area contributed by atoms with E-state index in [0.29, 0.717) is 13.0 Å². The lowest BCUT2D eigenvalue weighted by Gasteiger charge is -2.39. The summed E-state index contributed by atoms with van der Waals surface area (Å²) < 4.78 is 16.8. The molecule has 1 aromatic rings. The normalized spacial score (nSPS) is 20.9. The fourth-order valence-electron chi connectivity index (χ4n) is 6.30. The molecule has 294 valence electrons. The first kappa shape index (κ1) is 44.9. The largest absolute Gasteiger partial charge is 0.494 e. The number of hydrogen-bond acceptors (Lipinski definition) is 9. The average molecular weight is 723 g/mol. The Morgan fingerprint density at radius 1 is 0.725 bits per heavy atom. The Balaban J connectivity index is 1.66. The summed E-state index contributed by atoms with van der Waals surface area (Å²) in [5.41, 5.74) is 0. The van der Waals surface area contributed by atoms with Gasteiger partial charge in [-0.1, -0.05) is 134 Å². The molecule has 0 spiro atoms. The Hall–Kier alpha value is -2.28. The van der Waals surface area contributed by atoms with E-state index in [4.69, 9.17) is 14.2 Å². The summed E-state index contributed by atoms with van der Waals surface area (Å²) in [6.07, 6.45) is 15.9. The zero-order valence-corrected chi connectivity index (χ0v) is 31.4. The van der Waals surface area contributed by atoms with Crippen LogP contribution in [0, 0.1) is 0 Å². The molecule has 11 heteroatoms. The van der Waals surface area contributed by atoms with Crippen molar-refractivity contribution in [2.24, 2.45) is 0 Å². The van der Waals surface area contributed by atoms with Crippen molar-refractivity contribution in [3.8, 4) is 5.75 Å². The molecule has 1 aliphatic heterocycles. The monoisotopic (exact) mass is 723 g/mol. The van der Waals surface area contributed by atoms with Gasteiger partial charge in [-0.25, -0.2) is 0 Å². The first-order chi connectivity index (χ1) is 24.9. The number of benzene rings is 1. The van der Waals surface area contributed by atoms with Crippen LogP contribution < -0.4 is 15.4 Å². The molecule has 2 rings (SSSR count). The minimum atomic E-state index is -1.60. The minimum Gasteiger partial charge on any atom is -0.494 e. The van der Waals surface area contributed by atoms with Crippen molar-refractivity contribution >= 4 is 11.8 Å². The average Bonchev–Trinajstić information content (AvgIpc) is 3.14. The van der Waals surface area contributed by atoms with Crippen LogP contribution in [0.1, 0.15) is 142 Å². The lowest BCUT2D eigenvalue weighted by molar-refractivity contribution is -0.301. The Kier molecular flexibility index (Phi) is 25.7. The highest BCUT2D eigenvalue weighted by molar-refractivity contribution is 5.87. The van der Waals surface area contributed by atoms with Gasteiger partial charge in [0.25, 0.3) is 0 Å². The van der Waals surface area contributed by atoms with Crippen molar-refractivity contribution in [2.45, 2.75) is 179 Å². The fourth-order valence-corrected chi connectivity index (χ4v) is 6.30. The zero-order valence-electron chi connectivity index (χ0n) is 31.4. The summed E-state index contributed by atoms with van der Waals surface area (Å²) in [6.45, 7) is 2.54. The van der Waals surface area contributed by atoms with Gasteiger partial charge < -0.3 is 45.3 Å². The molecule has 1 fully saturated rings. The van der Waals surface area contributed by atoms with E-state index >= 15 is 0 Å². The predicted molar refractivity (Wildman–Crippen MR) is 199 cm³/mol. The number of carbonyl (C=O) groups is 2. The molecule has 2 amide bonds. The van der Waals surface area contributed by atoms with E-state index in [1.54, 1.807) is 0 Å². The van der Waals surface area contributed by atoms with Gasteiger partial charge in [0, 0.05) is 13.0 Å². The smallest absolute Gasteiger partial charge is 0.244 e. The Morgan fingerprint density at radius 2 is 1.27 bits per heavy atom. The van der Waals surface area contributed by atoms with Gasteiger partial charge >= 0.3 is 0 Å². The van der Waals surface area contributed by atoms with E-state index in [-0.39, 0.29) is 18.9 Å². The predicted octanol–water partition coefficient (Wildman–Crippen LogP) is 5.69. The molecule has 0 saturated carbocycles. The van der Waals surface area contributed by atoms with Crippen molar-refractivity contribution < 1.29 is 44.2 Å². The van der Waals surface area contributed by atoms with Gasteiger partial charge in [-0.15, -0.1) is 0 Å². The van der Waals surface area contributed by atoms with Gasteiger partial charge in [-0.3, -0.25) is 9.59 Å². The van der Waals surface area contributed by atoms with Crippen LogP contribution in [0.2, 0.25) is 0 Å². The van der Waals surface area contributed by atoms with Crippen molar-refractivity contribution in [2.75, 3.05) is 26.4 Å². The SMILES string of the molecule is CCCCCCCCCCCCCCNC(=O)[C@H](CO[C@H]1O[C@H](CO)[C@H](O)[C@H](O)[C@H]1O)NC(=O)CCCCCCCCCCOc1ccccc1. The number of carbonyl (C=O) groups excluding carboxylic acids is 2. The number of rotatable bonds is 31. The topological polar surface area (TPSA) is 167 Å². The Labute approximate surface area is 307 Å². The molecule has 1 aromatic carbocycles. The third-order valence-electron chi connectivity index (χ3n) is 9.57. The molecule has 0 bridgehead atoms. The standard InChI is InChI=1S/C40H70N2O9/c1-2-3-4-5-6-7-8-9-11-14-17-23-28-41-39(48)33(31-50-40-38(47)37(46)36(45)34(30-43)51-40)42-35(44)27-22-16-13-10-12-15-18-24-29-49-32-25-20-19-21-26-32/h19-21,25-26,33-34,36-38,40,43,45-47H,2-18,22-24,27-31H2,1H3,(H,41,48)(H,42,44)/t33-,34+,36-,37-,38+,40-/m0/s1. The van der Waals surface area contributed by atoms with Crippen molar-refractivity contribution in [3.05, 3.63) is 30.3 Å². The first-order valence-corrected chi connectivity index (χ1v) is 20.0. The van der Waals surface area contributed by atoms with Crippen LogP contribution in [0.5, 0.6) is 5.75 Å². The van der Waals surface area contributed by atoms with Gasteiger partial charge in [-0.2, -0.15) is 0 Å². The Bertz CT molecular complexity index is 999. The maximum atomic E-state index is 13.1. The molecule has 0 aromatic heterocycles. The summed E-state index contributed by atoms with van der Waals surface area (Å²) in [5, 5.41) is 45.7. The first-order valence-electron chi connectivity index (χ1n) is 20.0. The lowest BCUT2D eigenvalue weighted by atomic mass is 9.99. The van der Waals surface area contributed by atoms with Crippen LogP contribution in [0.25, 0.3) is 0 Å². The molecule has 1 heterocycles. The van der Waals surface area contributed by atoms with Crippen LogP contribution in [-0.2, 0) is 19.1 Å². The summed E-state index contributed by atoms with van der Waals surface area (Å²) in [6, 6.07) is 8.81. The van der Waals surface area contributed by atoms with E-state index in [9.17, 15) is 30.0 Å². The van der Waals surface area contributed by atoms with E-state index in [0.717, 1.165) is 76.6 Å². The minimum absolute atomic E-state index is 0.267. The molecule has 1 saturated heterocycles. The number of aliphatic hydroxyl groups excluding tert-OH is 4. The van der Waals surface area contributed by atoms with E-state index in [1.165, 1.54) is 57.8 Å². The molecule has 0 unspecified atom stereocenters. The van der Waals surface area contributed by atoms with Gasteiger partial charge in [0.05, 0.1) is 19.8 Å². The van der Waals surface area contributed by atoms with Crippen molar-refractivity contribution in [1.29, 1.82) is 0 Å². The number of nitrogens with one attached hydrogen (secondary N) is 2. The van der Waals surface area contributed by atoms with Gasteiger partial charge in [0.15, 0.2) is 6.29 Å². The van der Waals surface area contributed by atoms with E-state index in [1.807, 2.05) is 30.3 Å². The van der Waals surface area contributed by atoms with Crippen LogP contribution in [-0.4, -0.2) is 95.4 Å². The molecule has 0 aliphatic carbocycles. The van der Waals surface area contributed by atoms with Crippen molar-refractivity contribution in [1.82, 2.24) is 10.6 Å². The molecule has 0 radical (unpaired) electrons. The summed E-state index contributed by atoms with van der Waals surface area (Å²) in [5.74, 6) is 0.242. The fraction of sp³-hybridized carbons (Fsp3) is 0.800. The molecular weight excluding hydrogens is 652 g/mol. The van der Waals surface area contributed by atoms with Gasteiger partial charge in [0.2, 0.25) is 11.8 Å². The van der Waals surface area contributed by atoms with Crippen LogP contribution in [0.4, 0.5) is 0 Å².